The maximum Gasteiger partial charge on any atom is 0.322 e. The molecule has 6 nitrogen and oxygen atoms in total. The molecule has 1 aromatic heterocycles. The third kappa shape index (κ3) is 4.32. The van der Waals surface area contributed by atoms with Crippen LogP contribution in [0.15, 0.2) is 36.7 Å². The molecule has 0 spiro atoms. The molecule has 2 amide bonds. The fraction of sp³-hybridized carbons (Fsp3) is 0.474. The van der Waals surface area contributed by atoms with Crippen LogP contribution in [0.4, 0.5) is 10.5 Å². The molecule has 0 saturated heterocycles. The number of aryl methyl sites for hydroxylation is 1. The molecule has 1 atom stereocenters. The van der Waals surface area contributed by atoms with Crippen LogP contribution in [-0.2, 0) is 13.1 Å². The first-order valence-corrected chi connectivity index (χ1v) is 8.83. The van der Waals surface area contributed by atoms with E-state index in [4.69, 9.17) is 4.74 Å². The van der Waals surface area contributed by atoms with E-state index in [0.717, 1.165) is 23.5 Å². The molecule has 0 radical (unpaired) electrons. The van der Waals surface area contributed by atoms with Crippen molar-refractivity contribution in [1.82, 2.24) is 14.7 Å². The molecule has 6 heteroatoms. The van der Waals surface area contributed by atoms with Gasteiger partial charge in [0.05, 0.1) is 19.0 Å². The number of ether oxygens (including phenoxy) is 1. The number of nitrogens with one attached hydrogen (secondary N) is 1. The fourth-order valence-electron chi connectivity index (χ4n) is 2.96. The zero-order valence-corrected chi connectivity index (χ0v) is 15.1. The highest BCUT2D eigenvalue weighted by Crippen LogP contribution is 2.36. The molecule has 1 saturated carbocycles. The van der Waals surface area contributed by atoms with Gasteiger partial charge in [0.1, 0.15) is 5.75 Å². The zero-order chi connectivity index (χ0) is 17.8. The van der Waals surface area contributed by atoms with Gasteiger partial charge in [0.2, 0.25) is 0 Å². The van der Waals surface area contributed by atoms with Crippen LogP contribution >= 0.6 is 0 Å². The van der Waals surface area contributed by atoms with Crippen molar-refractivity contribution in [3.8, 4) is 5.75 Å². The topological polar surface area (TPSA) is 59.4 Å². The van der Waals surface area contributed by atoms with E-state index >= 15 is 0 Å². The van der Waals surface area contributed by atoms with Crippen molar-refractivity contribution >= 4 is 11.7 Å². The lowest BCUT2D eigenvalue weighted by Crippen LogP contribution is -2.42. The highest BCUT2D eigenvalue weighted by atomic mass is 16.5. The van der Waals surface area contributed by atoms with Gasteiger partial charge < -0.3 is 15.0 Å². The van der Waals surface area contributed by atoms with Gasteiger partial charge in [-0.3, -0.25) is 4.68 Å². The maximum absolute atomic E-state index is 12.9. The Kier molecular flexibility index (Phi) is 5.26. The number of benzene rings is 1. The van der Waals surface area contributed by atoms with E-state index in [-0.39, 0.29) is 12.1 Å². The van der Waals surface area contributed by atoms with Crippen LogP contribution in [0.2, 0.25) is 0 Å². The summed E-state index contributed by atoms with van der Waals surface area (Å²) >= 11 is 0. The average molecular weight is 342 g/mol. The molecule has 134 valence electrons. The summed E-state index contributed by atoms with van der Waals surface area (Å²) in [7, 11) is 1.65. The summed E-state index contributed by atoms with van der Waals surface area (Å²) in [5.41, 5.74) is 1.82. The minimum absolute atomic E-state index is 0.0779. The Labute approximate surface area is 148 Å². The van der Waals surface area contributed by atoms with Gasteiger partial charge in [-0.25, -0.2) is 4.79 Å². The molecule has 1 aliphatic rings. The molecular weight excluding hydrogens is 316 g/mol. The third-order valence-corrected chi connectivity index (χ3v) is 4.78. The van der Waals surface area contributed by atoms with E-state index in [1.54, 1.807) is 18.0 Å². The maximum atomic E-state index is 12.9. The van der Waals surface area contributed by atoms with E-state index in [1.807, 2.05) is 42.3 Å². The summed E-state index contributed by atoms with van der Waals surface area (Å²) in [6.07, 6.45) is 5.93. The first-order chi connectivity index (χ1) is 12.1. The van der Waals surface area contributed by atoms with Crippen LogP contribution in [0.25, 0.3) is 0 Å². The Bertz CT molecular complexity index is 706. The number of aromatic nitrogens is 2. The monoisotopic (exact) mass is 342 g/mol. The van der Waals surface area contributed by atoms with Gasteiger partial charge in [-0.1, -0.05) is 12.1 Å². The van der Waals surface area contributed by atoms with E-state index < -0.39 is 0 Å². The smallest absolute Gasteiger partial charge is 0.322 e. The predicted octanol–water partition coefficient (Wildman–Crippen LogP) is 3.74. The summed E-state index contributed by atoms with van der Waals surface area (Å²) in [4.78, 5) is 14.8. The lowest BCUT2D eigenvalue weighted by Gasteiger charge is -2.29. The van der Waals surface area contributed by atoms with Crippen molar-refractivity contribution in [2.75, 3.05) is 12.4 Å². The summed E-state index contributed by atoms with van der Waals surface area (Å²) in [5, 5.41) is 7.19. The van der Waals surface area contributed by atoms with Crippen molar-refractivity contribution in [3.05, 3.63) is 42.2 Å². The molecule has 25 heavy (non-hydrogen) atoms. The van der Waals surface area contributed by atoms with Crippen LogP contribution in [0.5, 0.6) is 5.75 Å². The van der Waals surface area contributed by atoms with Gasteiger partial charge in [-0.15, -0.1) is 0 Å². The number of methoxy groups -OCH3 is 1. The minimum Gasteiger partial charge on any atom is -0.497 e. The van der Waals surface area contributed by atoms with E-state index in [9.17, 15) is 4.79 Å². The number of anilines is 1. The van der Waals surface area contributed by atoms with Crippen LogP contribution in [0, 0.1) is 5.92 Å². The normalized spacial score (nSPS) is 14.8. The van der Waals surface area contributed by atoms with Crippen molar-refractivity contribution < 1.29 is 9.53 Å². The number of hydrogen-bond acceptors (Lipinski definition) is 3. The molecule has 1 aliphatic carbocycles. The number of carbonyl (C=O) groups excluding carboxylic acids is 1. The fourth-order valence-corrected chi connectivity index (χ4v) is 2.96. The van der Waals surface area contributed by atoms with Crippen molar-refractivity contribution in [2.45, 2.75) is 45.8 Å². The molecule has 0 aliphatic heterocycles. The number of carbonyl (C=O) groups is 1. The summed E-state index contributed by atoms with van der Waals surface area (Å²) < 4.78 is 7.01. The predicted molar refractivity (Wildman–Crippen MR) is 97.6 cm³/mol. The van der Waals surface area contributed by atoms with Gasteiger partial charge in [0, 0.05) is 25.3 Å². The molecule has 1 heterocycles. The molecule has 2 aromatic rings. The van der Waals surface area contributed by atoms with Crippen molar-refractivity contribution in [1.29, 1.82) is 0 Å². The second kappa shape index (κ2) is 7.59. The zero-order valence-electron chi connectivity index (χ0n) is 15.1. The summed E-state index contributed by atoms with van der Waals surface area (Å²) in [5.74, 6) is 1.42. The Morgan fingerprint density at radius 2 is 2.12 bits per heavy atom. The number of hydrogen-bond donors (Lipinski definition) is 1. The van der Waals surface area contributed by atoms with Gasteiger partial charge in [0.15, 0.2) is 0 Å². The number of nitrogens with zero attached hydrogens (tertiary/aromatic N) is 3. The standard InChI is InChI=1S/C19H26N4O2/c1-4-22-13-17(11-20-22)21-19(24)23(14(2)16-7-8-16)12-15-5-9-18(25-3)10-6-15/h5-6,9-11,13-14,16H,4,7-8,12H2,1-3H3,(H,21,24)/t14-/m0/s1. The molecule has 1 fully saturated rings. The Morgan fingerprint density at radius 1 is 1.40 bits per heavy atom. The number of amides is 2. The Balaban J connectivity index is 1.72. The van der Waals surface area contributed by atoms with Crippen molar-refractivity contribution in [2.24, 2.45) is 5.92 Å². The van der Waals surface area contributed by atoms with Crippen LogP contribution in [0.1, 0.15) is 32.3 Å². The first kappa shape index (κ1) is 17.3. The highest BCUT2D eigenvalue weighted by molar-refractivity contribution is 5.89. The van der Waals surface area contributed by atoms with Crippen LogP contribution in [-0.4, -0.2) is 33.9 Å². The molecule has 0 bridgehead atoms. The second-order valence-electron chi connectivity index (χ2n) is 6.57. The average Bonchev–Trinajstić information content (AvgIpc) is 3.39. The number of rotatable bonds is 7. The van der Waals surface area contributed by atoms with E-state index in [0.29, 0.717) is 12.5 Å². The molecule has 0 unspecified atom stereocenters. The van der Waals surface area contributed by atoms with Gasteiger partial charge >= 0.3 is 6.03 Å². The summed E-state index contributed by atoms with van der Waals surface area (Å²) in [6, 6.07) is 8.01. The van der Waals surface area contributed by atoms with Crippen LogP contribution < -0.4 is 10.1 Å². The van der Waals surface area contributed by atoms with Crippen LogP contribution in [0.3, 0.4) is 0 Å². The largest absolute Gasteiger partial charge is 0.497 e. The number of urea groups is 1. The highest BCUT2D eigenvalue weighted by Gasteiger charge is 2.34. The molecule has 1 aromatic carbocycles. The second-order valence-corrected chi connectivity index (χ2v) is 6.57. The summed E-state index contributed by atoms with van der Waals surface area (Å²) in [6.45, 7) is 5.51. The molecule has 1 N–H and O–H groups in total. The SMILES string of the molecule is CCn1cc(NC(=O)N(Cc2ccc(OC)cc2)[C@@H](C)C2CC2)cn1. The Hall–Kier alpha value is -2.50. The molecular formula is C19H26N4O2. The quantitative estimate of drug-likeness (QED) is 0.834. The Morgan fingerprint density at radius 3 is 2.68 bits per heavy atom. The molecule has 3 rings (SSSR count). The van der Waals surface area contributed by atoms with Gasteiger partial charge in [-0.2, -0.15) is 5.10 Å². The van der Waals surface area contributed by atoms with E-state index in [2.05, 4.69) is 17.3 Å². The minimum atomic E-state index is -0.0779. The van der Waals surface area contributed by atoms with Crippen molar-refractivity contribution in [3.63, 3.8) is 0 Å². The lowest BCUT2D eigenvalue weighted by atomic mass is 10.1. The van der Waals surface area contributed by atoms with E-state index in [1.165, 1.54) is 12.8 Å². The first-order valence-electron chi connectivity index (χ1n) is 8.83. The van der Waals surface area contributed by atoms with Gasteiger partial charge in [0.25, 0.3) is 0 Å². The van der Waals surface area contributed by atoms with Gasteiger partial charge in [-0.05, 0) is 50.3 Å². The lowest BCUT2D eigenvalue weighted by molar-refractivity contribution is 0.180. The third-order valence-electron chi connectivity index (χ3n) is 4.78.